The number of carbonyl (C=O) groups is 1. The van der Waals surface area contributed by atoms with Crippen LogP contribution in [0.3, 0.4) is 0 Å². The zero-order valence-corrected chi connectivity index (χ0v) is 23.3. The van der Waals surface area contributed by atoms with Crippen LogP contribution in [-0.4, -0.2) is 72.9 Å². The van der Waals surface area contributed by atoms with E-state index in [0.29, 0.717) is 31.7 Å². The highest BCUT2D eigenvalue weighted by Crippen LogP contribution is 2.40. The Kier molecular flexibility index (Phi) is 9.35. The molecule has 11 heteroatoms. The number of alkyl halides is 2. The molecule has 2 saturated heterocycles. The number of aliphatic carboxylic acids is 1. The second-order valence-electron chi connectivity index (χ2n) is 11.1. The predicted octanol–water partition coefficient (Wildman–Crippen LogP) is 5.31. The Morgan fingerprint density at radius 1 is 1.29 bits per heavy atom. The van der Waals surface area contributed by atoms with Gasteiger partial charge in [0.1, 0.15) is 30.0 Å². The van der Waals surface area contributed by atoms with Crippen LogP contribution >= 0.6 is 0 Å². The molecule has 3 atom stereocenters. The van der Waals surface area contributed by atoms with Gasteiger partial charge in [0.05, 0.1) is 19.3 Å². The van der Waals surface area contributed by atoms with Crippen LogP contribution in [0.2, 0.25) is 0 Å². The number of ether oxygens (including phenoxy) is 3. The van der Waals surface area contributed by atoms with Gasteiger partial charge in [-0.3, -0.25) is 9.69 Å². The van der Waals surface area contributed by atoms with Crippen molar-refractivity contribution >= 4 is 11.8 Å². The van der Waals surface area contributed by atoms with Gasteiger partial charge >= 0.3 is 5.97 Å². The minimum atomic E-state index is -2.91. The minimum Gasteiger partial charge on any atom is -0.496 e. The Balaban J connectivity index is 1.15. The lowest BCUT2D eigenvalue weighted by molar-refractivity contribution is -0.147. The number of aryl methyl sites for hydroxylation is 1. The summed E-state index contributed by atoms with van der Waals surface area (Å²) in [6, 6.07) is 4.76. The van der Waals surface area contributed by atoms with E-state index in [-0.39, 0.29) is 24.5 Å². The van der Waals surface area contributed by atoms with Crippen molar-refractivity contribution in [3.8, 4) is 5.75 Å². The fourth-order valence-electron chi connectivity index (χ4n) is 6.08. The number of pyridine rings is 1. The van der Waals surface area contributed by atoms with Crippen LogP contribution in [0.1, 0.15) is 73.1 Å². The molecule has 0 saturated carbocycles. The van der Waals surface area contributed by atoms with Crippen LogP contribution in [0.25, 0.3) is 0 Å². The van der Waals surface area contributed by atoms with E-state index >= 15 is 0 Å². The number of aromatic nitrogens is 1. The molecule has 8 nitrogen and oxygen atoms in total. The molecular formula is C30H38F3N3O5. The highest BCUT2D eigenvalue weighted by atomic mass is 19.3. The number of likely N-dealkylation sites (tertiary alicyclic amines) is 1. The molecule has 0 radical (unpaired) electrons. The molecule has 5 rings (SSSR count). The number of hydrogen-bond donors (Lipinski definition) is 2. The second-order valence-corrected chi connectivity index (χ2v) is 11.1. The van der Waals surface area contributed by atoms with Gasteiger partial charge in [-0.2, -0.15) is 0 Å². The van der Waals surface area contributed by atoms with Crippen molar-refractivity contribution < 1.29 is 37.3 Å². The average molecular weight is 578 g/mol. The fourth-order valence-corrected chi connectivity index (χ4v) is 6.08. The molecule has 224 valence electrons. The van der Waals surface area contributed by atoms with Gasteiger partial charge in [-0.1, -0.05) is 6.07 Å². The van der Waals surface area contributed by atoms with E-state index in [0.717, 1.165) is 61.5 Å². The SMILES string of the molecule is COc1cc(CCCCO[C@@H]2CCN(C(C(=O)O)c3cc(F)ccc3C3CCC(F)(F)CO3)C2)nc2c1CCCN2. The number of benzene rings is 1. The number of halogens is 3. The second kappa shape index (κ2) is 13.0. The Bertz CT molecular complexity index is 1200. The number of carboxylic acid groups (broad SMARTS) is 1. The van der Waals surface area contributed by atoms with E-state index in [2.05, 4.69) is 5.32 Å². The highest BCUT2D eigenvalue weighted by molar-refractivity contribution is 5.76. The number of fused-ring (bicyclic) bond motifs is 1. The number of nitrogens with zero attached hydrogens (tertiary/aromatic N) is 2. The van der Waals surface area contributed by atoms with Gasteiger partial charge in [0.25, 0.3) is 5.92 Å². The predicted molar refractivity (Wildman–Crippen MR) is 146 cm³/mol. The number of nitrogens with one attached hydrogen (secondary N) is 1. The summed E-state index contributed by atoms with van der Waals surface area (Å²) in [6.07, 6.45) is 4.00. The van der Waals surface area contributed by atoms with Crippen molar-refractivity contribution in [2.24, 2.45) is 0 Å². The number of carboxylic acids is 1. The van der Waals surface area contributed by atoms with Gasteiger partial charge < -0.3 is 24.6 Å². The summed E-state index contributed by atoms with van der Waals surface area (Å²) >= 11 is 0. The molecule has 2 aromatic rings. The number of hydrogen-bond acceptors (Lipinski definition) is 7. The van der Waals surface area contributed by atoms with E-state index < -0.39 is 36.5 Å². The van der Waals surface area contributed by atoms with Gasteiger partial charge in [0.15, 0.2) is 0 Å². The first-order valence-electron chi connectivity index (χ1n) is 14.4. The average Bonchev–Trinajstić information content (AvgIpc) is 3.41. The van der Waals surface area contributed by atoms with Crippen LogP contribution in [0.4, 0.5) is 19.0 Å². The third-order valence-electron chi connectivity index (χ3n) is 8.17. The van der Waals surface area contributed by atoms with Crippen LogP contribution in [0, 0.1) is 5.82 Å². The molecule has 1 aromatic carbocycles. The first kappa shape index (κ1) is 29.6. The number of rotatable bonds is 11. The molecule has 2 fully saturated rings. The molecule has 3 aliphatic rings. The van der Waals surface area contributed by atoms with E-state index in [1.54, 1.807) is 12.0 Å². The van der Waals surface area contributed by atoms with E-state index in [1.807, 2.05) is 6.07 Å². The Morgan fingerprint density at radius 3 is 2.90 bits per heavy atom. The van der Waals surface area contributed by atoms with Gasteiger partial charge in [-0.25, -0.2) is 18.2 Å². The Labute approximate surface area is 238 Å². The van der Waals surface area contributed by atoms with Crippen LogP contribution < -0.4 is 10.1 Å². The normalized spacial score (nSPS) is 23.0. The zero-order chi connectivity index (χ0) is 29.0. The van der Waals surface area contributed by atoms with Crippen molar-refractivity contribution in [2.45, 2.75) is 75.5 Å². The molecule has 41 heavy (non-hydrogen) atoms. The van der Waals surface area contributed by atoms with Crippen LogP contribution in [-0.2, 0) is 27.1 Å². The maximum Gasteiger partial charge on any atom is 0.325 e. The summed E-state index contributed by atoms with van der Waals surface area (Å²) < 4.78 is 58.7. The van der Waals surface area contributed by atoms with Crippen molar-refractivity contribution in [3.63, 3.8) is 0 Å². The monoisotopic (exact) mass is 577 g/mol. The largest absolute Gasteiger partial charge is 0.496 e. The van der Waals surface area contributed by atoms with Crippen molar-refractivity contribution in [3.05, 3.63) is 52.5 Å². The van der Waals surface area contributed by atoms with Gasteiger partial charge in [-0.05, 0) is 68.2 Å². The molecule has 4 heterocycles. The number of unbranched alkanes of at least 4 members (excludes halogenated alkanes) is 1. The Hall–Kier alpha value is -2.89. The zero-order valence-electron chi connectivity index (χ0n) is 23.3. The summed E-state index contributed by atoms with van der Waals surface area (Å²) in [4.78, 5) is 18.9. The summed E-state index contributed by atoms with van der Waals surface area (Å²) in [5.41, 5.74) is 2.80. The van der Waals surface area contributed by atoms with Gasteiger partial charge in [-0.15, -0.1) is 0 Å². The molecule has 2 unspecified atom stereocenters. The third kappa shape index (κ3) is 7.13. The lowest BCUT2D eigenvalue weighted by atomic mass is 9.91. The Morgan fingerprint density at radius 2 is 2.15 bits per heavy atom. The molecule has 0 aliphatic carbocycles. The highest BCUT2D eigenvalue weighted by Gasteiger charge is 2.40. The molecular weight excluding hydrogens is 539 g/mol. The smallest absolute Gasteiger partial charge is 0.325 e. The third-order valence-corrected chi connectivity index (χ3v) is 8.17. The van der Waals surface area contributed by atoms with Crippen molar-refractivity contribution in [2.75, 3.05) is 45.3 Å². The molecule has 0 spiro atoms. The van der Waals surface area contributed by atoms with Gasteiger partial charge in [0, 0.05) is 50.0 Å². The standard InChI is InChI=1S/C30H38F3N3O5/c1-39-26-16-20(35-28-23(26)6-4-12-34-28)5-2-3-14-40-21-10-13-36(17-21)27(29(37)38)24-15-19(31)7-8-22(24)25-9-11-30(32,33)18-41-25/h7-8,15-16,21,25,27H,2-6,9-14,17-18H2,1H3,(H,34,35)(H,37,38)/t21-,25?,27?/m1/s1. The maximum absolute atomic E-state index is 14.3. The first-order valence-corrected chi connectivity index (χ1v) is 14.4. The first-order chi connectivity index (χ1) is 19.7. The fraction of sp³-hybridized carbons (Fsp3) is 0.600. The summed E-state index contributed by atoms with van der Waals surface area (Å²) in [5, 5.41) is 13.5. The van der Waals surface area contributed by atoms with Crippen LogP contribution in [0.15, 0.2) is 24.3 Å². The molecule has 1 aromatic heterocycles. The van der Waals surface area contributed by atoms with Crippen LogP contribution in [0.5, 0.6) is 5.75 Å². The van der Waals surface area contributed by atoms with Crippen molar-refractivity contribution in [1.82, 2.24) is 9.88 Å². The lowest BCUT2D eigenvalue weighted by Crippen LogP contribution is -2.36. The van der Waals surface area contributed by atoms with E-state index in [4.69, 9.17) is 19.2 Å². The molecule has 0 bridgehead atoms. The molecule has 0 amide bonds. The van der Waals surface area contributed by atoms with E-state index in [9.17, 15) is 23.1 Å². The quantitative estimate of drug-likeness (QED) is 0.347. The minimum absolute atomic E-state index is 0.0357. The van der Waals surface area contributed by atoms with E-state index in [1.165, 1.54) is 18.2 Å². The summed E-state index contributed by atoms with van der Waals surface area (Å²) in [5.74, 6) is -2.83. The maximum atomic E-state index is 14.3. The molecule has 3 aliphatic heterocycles. The topological polar surface area (TPSA) is 93.2 Å². The molecule has 2 N–H and O–H groups in total. The summed E-state index contributed by atoms with van der Waals surface area (Å²) in [6.45, 7) is 1.55. The van der Waals surface area contributed by atoms with Crippen molar-refractivity contribution in [1.29, 1.82) is 0 Å². The number of methoxy groups -OCH3 is 1. The summed E-state index contributed by atoms with van der Waals surface area (Å²) in [7, 11) is 1.68. The van der Waals surface area contributed by atoms with Gasteiger partial charge in [0.2, 0.25) is 0 Å². The lowest BCUT2D eigenvalue weighted by Gasteiger charge is -2.32. The number of anilines is 1.